The van der Waals surface area contributed by atoms with Crippen LogP contribution in [0, 0.1) is 0 Å². The van der Waals surface area contributed by atoms with Crippen LogP contribution >= 0.6 is 0 Å². The van der Waals surface area contributed by atoms with E-state index in [-0.39, 0.29) is 0 Å². The third-order valence-corrected chi connectivity index (χ3v) is 3.84. The molecular weight excluding hydrogens is 210 g/mol. The lowest BCUT2D eigenvalue weighted by molar-refractivity contribution is 0.221. The minimum absolute atomic E-state index is 0.302. The maximum Gasteiger partial charge on any atom is 0.122 e. The second kappa shape index (κ2) is 5.09. The highest BCUT2D eigenvalue weighted by atomic mass is 16.5. The van der Waals surface area contributed by atoms with Crippen molar-refractivity contribution in [3.05, 3.63) is 29.8 Å². The van der Waals surface area contributed by atoms with Gasteiger partial charge in [0.2, 0.25) is 0 Å². The summed E-state index contributed by atoms with van der Waals surface area (Å²) in [6.07, 6.45) is 3.87. The highest BCUT2D eigenvalue weighted by Crippen LogP contribution is 2.46. The Balaban J connectivity index is 2.21. The topological polar surface area (TPSA) is 21.3 Å². The van der Waals surface area contributed by atoms with Gasteiger partial charge in [-0.05, 0) is 18.9 Å². The molecule has 0 bridgehead atoms. The zero-order valence-electron chi connectivity index (χ0n) is 11.1. The maximum atomic E-state index is 5.51. The van der Waals surface area contributed by atoms with Crippen LogP contribution < -0.4 is 10.1 Å². The van der Waals surface area contributed by atoms with Crippen molar-refractivity contribution in [3.63, 3.8) is 0 Å². The van der Waals surface area contributed by atoms with E-state index < -0.39 is 0 Å². The summed E-state index contributed by atoms with van der Waals surface area (Å²) in [5, 5.41) is 3.58. The van der Waals surface area contributed by atoms with Crippen LogP contribution in [0.25, 0.3) is 0 Å². The van der Waals surface area contributed by atoms with Gasteiger partial charge in [-0.25, -0.2) is 0 Å². The van der Waals surface area contributed by atoms with Gasteiger partial charge in [0.1, 0.15) is 5.75 Å². The highest BCUT2D eigenvalue weighted by molar-refractivity contribution is 5.41. The number of benzene rings is 1. The Bertz CT molecular complexity index is 369. The molecule has 0 radical (unpaired) electrons. The van der Waals surface area contributed by atoms with Gasteiger partial charge in [0.15, 0.2) is 0 Å². The lowest BCUT2D eigenvalue weighted by Gasteiger charge is -2.43. The summed E-state index contributed by atoms with van der Waals surface area (Å²) in [6, 6.07) is 9.00. The molecule has 94 valence electrons. The molecule has 0 aromatic heterocycles. The van der Waals surface area contributed by atoms with Crippen molar-refractivity contribution in [2.75, 3.05) is 13.7 Å². The Morgan fingerprint density at radius 1 is 1.29 bits per heavy atom. The molecule has 1 aliphatic rings. The van der Waals surface area contributed by atoms with Gasteiger partial charge in [0.25, 0.3) is 0 Å². The normalized spacial score (nSPS) is 17.9. The maximum absolute atomic E-state index is 5.51. The summed E-state index contributed by atoms with van der Waals surface area (Å²) in [5.74, 6) is 1.04. The predicted octanol–water partition coefficient (Wildman–Crippen LogP) is 3.11. The molecule has 0 unspecified atom stereocenters. The molecule has 1 aromatic rings. The Morgan fingerprint density at radius 3 is 2.53 bits per heavy atom. The zero-order valence-corrected chi connectivity index (χ0v) is 11.1. The van der Waals surface area contributed by atoms with Crippen molar-refractivity contribution in [2.24, 2.45) is 0 Å². The second-order valence-corrected chi connectivity index (χ2v) is 5.37. The molecule has 1 N–H and O–H groups in total. The number of para-hydroxylation sites is 1. The summed E-state index contributed by atoms with van der Waals surface area (Å²) in [6.45, 7) is 5.47. The third-order valence-electron chi connectivity index (χ3n) is 3.84. The Kier molecular flexibility index (Phi) is 3.72. The quantitative estimate of drug-likeness (QED) is 0.843. The molecule has 0 amide bonds. The van der Waals surface area contributed by atoms with Crippen molar-refractivity contribution in [1.29, 1.82) is 0 Å². The first-order valence-electron chi connectivity index (χ1n) is 6.55. The smallest absolute Gasteiger partial charge is 0.122 e. The van der Waals surface area contributed by atoms with Crippen LogP contribution in [0.1, 0.15) is 38.7 Å². The first-order valence-corrected chi connectivity index (χ1v) is 6.55. The molecule has 0 aliphatic heterocycles. The summed E-state index contributed by atoms with van der Waals surface area (Å²) in [7, 11) is 1.76. The molecule has 2 rings (SSSR count). The molecule has 1 saturated carbocycles. The number of hydrogen-bond acceptors (Lipinski definition) is 2. The fourth-order valence-electron chi connectivity index (χ4n) is 2.63. The molecule has 0 saturated heterocycles. The van der Waals surface area contributed by atoms with Crippen molar-refractivity contribution in [1.82, 2.24) is 5.32 Å². The van der Waals surface area contributed by atoms with Gasteiger partial charge in [-0.1, -0.05) is 38.5 Å². The van der Waals surface area contributed by atoms with E-state index in [1.54, 1.807) is 7.11 Å². The highest BCUT2D eigenvalue weighted by Gasteiger charge is 2.40. The van der Waals surface area contributed by atoms with E-state index in [1.807, 2.05) is 6.07 Å². The molecule has 1 aromatic carbocycles. The van der Waals surface area contributed by atoms with Gasteiger partial charge in [-0.3, -0.25) is 0 Å². The number of methoxy groups -OCH3 is 1. The van der Waals surface area contributed by atoms with E-state index in [0.717, 1.165) is 12.3 Å². The van der Waals surface area contributed by atoms with E-state index in [2.05, 4.69) is 37.4 Å². The molecular formula is C15H23NO. The molecule has 0 heterocycles. The molecule has 17 heavy (non-hydrogen) atoms. The van der Waals surface area contributed by atoms with Gasteiger partial charge < -0.3 is 10.1 Å². The molecule has 2 nitrogen and oxygen atoms in total. The molecule has 1 fully saturated rings. The van der Waals surface area contributed by atoms with Crippen LogP contribution in [0.4, 0.5) is 0 Å². The van der Waals surface area contributed by atoms with Gasteiger partial charge >= 0.3 is 0 Å². The van der Waals surface area contributed by atoms with Crippen LogP contribution in [-0.2, 0) is 5.41 Å². The van der Waals surface area contributed by atoms with Gasteiger partial charge in [0, 0.05) is 23.6 Å². The molecule has 2 heteroatoms. The number of hydrogen-bond donors (Lipinski definition) is 1. The fraction of sp³-hybridized carbons (Fsp3) is 0.600. The van der Waals surface area contributed by atoms with Gasteiger partial charge in [0.05, 0.1) is 7.11 Å². The van der Waals surface area contributed by atoms with Crippen molar-refractivity contribution < 1.29 is 4.74 Å². The van der Waals surface area contributed by atoms with E-state index in [1.165, 1.54) is 24.8 Å². The zero-order chi connectivity index (χ0) is 12.3. The summed E-state index contributed by atoms with van der Waals surface area (Å²) in [5.41, 5.74) is 1.68. The largest absolute Gasteiger partial charge is 0.496 e. The van der Waals surface area contributed by atoms with E-state index in [0.29, 0.717) is 11.5 Å². The van der Waals surface area contributed by atoms with E-state index >= 15 is 0 Å². The predicted molar refractivity (Wildman–Crippen MR) is 71.7 cm³/mol. The molecule has 0 atom stereocenters. The van der Waals surface area contributed by atoms with E-state index in [4.69, 9.17) is 4.74 Å². The first-order chi connectivity index (χ1) is 8.18. The first kappa shape index (κ1) is 12.4. The summed E-state index contributed by atoms with van der Waals surface area (Å²) >= 11 is 0. The SMILES string of the molecule is COc1ccccc1C1(CNC(C)C)CCC1. The minimum atomic E-state index is 0.302. The van der Waals surface area contributed by atoms with Crippen LogP contribution in [0.5, 0.6) is 5.75 Å². The summed E-state index contributed by atoms with van der Waals surface area (Å²) in [4.78, 5) is 0. The molecule has 1 aliphatic carbocycles. The van der Waals surface area contributed by atoms with Crippen LogP contribution in [0.15, 0.2) is 24.3 Å². The van der Waals surface area contributed by atoms with Gasteiger partial charge in [-0.15, -0.1) is 0 Å². The second-order valence-electron chi connectivity index (χ2n) is 5.37. The standard InChI is InChI=1S/C15H23NO/c1-12(2)16-11-15(9-6-10-15)13-7-4-5-8-14(13)17-3/h4-5,7-8,12,16H,6,9-11H2,1-3H3. The Morgan fingerprint density at radius 2 is 2.00 bits per heavy atom. The van der Waals surface area contributed by atoms with Crippen LogP contribution in [-0.4, -0.2) is 19.7 Å². The fourth-order valence-corrected chi connectivity index (χ4v) is 2.63. The lowest BCUT2D eigenvalue weighted by atomic mass is 9.64. The van der Waals surface area contributed by atoms with Crippen molar-refractivity contribution >= 4 is 0 Å². The molecule has 0 spiro atoms. The number of nitrogens with one attached hydrogen (secondary N) is 1. The summed E-state index contributed by atoms with van der Waals surface area (Å²) < 4.78 is 5.51. The minimum Gasteiger partial charge on any atom is -0.496 e. The van der Waals surface area contributed by atoms with Crippen LogP contribution in [0.2, 0.25) is 0 Å². The van der Waals surface area contributed by atoms with Crippen LogP contribution in [0.3, 0.4) is 0 Å². The van der Waals surface area contributed by atoms with Gasteiger partial charge in [-0.2, -0.15) is 0 Å². The van der Waals surface area contributed by atoms with Crippen molar-refractivity contribution in [2.45, 2.75) is 44.6 Å². The Hall–Kier alpha value is -1.02. The third kappa shape index (κ3) is 2.47. The number of rotatable bonds is 5. The average Bonchev–Trinajstić information content (AvgIpc) is 2.28. The average molecular weight is 233 g/mol. The van der Waals surface area contributed by atoms with Crippen molar-refractivity contribution in [3.8, 4) is 5.75 Å². The van der Waals surface area contributed by atoms with E-state index in [9.17, 15) is 0 Å². The monoisotopic (exact) mass is 233 g/mol. The lowest BCUT2D eigenvalue weighted by Crippen LogP contribution is -2.45. The Labute approximate surface area is 104 Å². The number of ether oxygens (including phenoxy) is 1.